The zero-order valence-electron chi connectivity index (χ0n) is 10.0. The number of hydrogen-bond acceptors (Lipinski definition) is 5. The molecule has 0 amide bonds. The van der Waals surface area contributed by atoms with Crippen LogP contribution in [-0.4, -0.2) is 16.7 Å². The van der Waals surface area contributed by atoms with Crippen molar-refractivity contribution >= 4 is 11.6 Å². The van der Waals surface area contributed by atoms with Gasteiger partial charge in [-0.1, -0.05) is 17.7 Å². The lowest BCUT2D eigenvalue weighted by atomic mass is 10.1. The van der Waals surface area contributed by atoms with Crippen molar-refractivity contribution in [3.8, 4) is 5.75 Å². The zero-order chi connectivity index (χ0) is 13.0. The molecule has 2 rings (SSSR count). The number of aromatic nitrogens is 2. The molecule has 0 saturated heterocycles. The highest BCUT2D eigenvalue weighted by molar-refractivity contribution is 6.32. The van der Waals surface area contributed by atoms with Gasteiger partial charge in [0.05, 0.1) is 5.02 Å². The molecule has 2 N–H and O–H groups in total. The molecule has 5 nitrogen and oxygen atoms in total. The van der Waals surface area contributed by atoms with E-state index in [4.69, 9.17) is 26.5 Å². The van der Waals surface area contributed by atoms with Crippen molar-refractivity contribution in [1.82, 2.24) is 10.2 Å². The average molecular weight is 268 g/mol. The molecule has 18 heavy (non-hydrogen) atoms. The number of benzene rings is 1. The van der Waals surface area contributed by atoms with Crippen LogP contribution in [0.25, 0.3) is 0 Å². The van der Waals surface area contributed by atoms with E-state index < -0.39 is 0 Å². The largest absolute Gasteiger partial charge is 0.482 e. The molecule has 1 aromatic heterocycles. The molecule has 0 unspecified atom stereocenters. The highest BCUT2D eigenvalue weighted by Crippen LogP contribution is 2.26. The Hall–Kier alpha value is -1.59. The van der Waals surface area contributed by atoms with Crippen molar-refractivity contribution in [1.29, 1.82) is 0 Å². The van der Waals surface area contributed by atoms with Crippen LogP contribution in [0.2, 0.25) is 5.02 Å². The predicted molar refractivity (Wildman–Crippen MR) is 67.6 cm³/mol. The van der Waals surface area contributed by atoms with Crippen molar-refractivity contribution in [2.24, 2.45) is 5.73 Å². The molecule has 6 heteroatoms. The van der Waals surface area contributed by atoms with E-state index in [1.807, 2.05) is 18.2 Å². The summed E-state index contributed by atoms with van der Waals surface area (Å²) in [5.74, 6) is 1.53. The predicted octanol–water partition coefficient (Wildman–Crippen LogP) is 2.11. The molecule has 0 aliphatic heterocycles. The molecule has 1 aromatic carbocycles. The molecule has 0 fully saturated rings. The summed E-state index contributed by atoms with van der Waals surface area (Å²) in [4.78, 5) is 0. The number of aryl methyl sites for hydroxylation is 1. The topological polar surface area (TPSA) is 74.2 Å². The summed E-state index contributed by atoms with van der Waals surface area (Å²) in [7, 11) is 0. The third-order valence-electron chi connectivity index (χ3n) is 2.35. The van der Waals surface area contributed by atoms with Crippen molar-refractivity contribution in [3.63, 3.8) is 0 Å². The van der Waals surface area contributed by atoms with E-state index in [1.54, 1.807) is 6.92 Å². The quantitative estimate of drug-likeness (QED) is 0.898. The zero-order valence-corrected chi connectivity index (χ0v) is 10.8. The number of halogens is 1. The van der Waals surface area contributed by atoms with Gasteiger partial charge < -0.3 is 14.9 Å². The molecule has 2 aromatic rings. The van der Waals surface area contributed by atoms with Gasteiger partial charge in [-0.25, -0.2) is 0 Å². The Bertz CT molecular complexity index is 528. The van der Waals surface area contributed by atoms with Crippen LogP contribution in [-0.2, 0) is 13.0 Å². The van der Waals surface area contributed by atoms with Crippen LogP contribution in [0, 0.1) is 6.92 Å². The SMILES string of the molecule is Cc1nnc(COc2ccc(CCN)cc2Cl)o1. The van der Waals surface area contributed by atoms with E-state index in [0.717, 1.165) is 12.0 Å². The summed E-state index contributed by atoms with van der Waals surface area (Å²) in [6.45, 7) is 2.53. The van der Waals surface area contributed by atoms with Crippen LogP contribution in [0.4, 0.5) is 0 Å². The van der Waals surface area contributed by atoms with Gasteiger partial charge in [0, 0.05) is 6.92 Å². The second kappa shape index (κ2) is 5.84. The highest BCUT2D eigenvalue weighted by Gasteiger charge is 2.06. The van der Waals surface area contributed by atoms with E-state index in [-0.39, 0.29) is 6.61 Å². The molecule has 0 aliphatic rings. The molecular weight excluding hydrogens is 254 g/mol. The van der Waals surface area contributed by atoms with Gasteiger partial charge >= 0.3 is 0 Å². The van der Waals surface area contributed by atoms with Crippen LogP contribution >= 0.6 is 11.6 Å². The first-order valence-electron chi connectivity index (χ1n) is 5.59. The first kappa shape index (κ1) is 12.9. The van der Waals surface area contributed by atoms with Crippen molar-refractivity contribution in [2.45, 2.75) is 20.0 Å². The summed E-state index contributed by atoms with van der Waals surface area (Å²) in [5, 5.41) is 8.11. The summed E-state index contributed by atoms with van der Waals surface area (Å²) in [6.07, 6.45) is 0.794. The van der Waals surface area contributed by atoms with Gasteiger partial charge in [-0.05, 0) is 30.7 Å². The second-order valence-electron chi connectivity index (χ2n) is 3.81. The minimum Gasteiger partial charge on any atom is -0.482 e. The first-order chi connectivity index (χ1) is 8.69. The maximum absolute atomic E-state index is 6.10. The van der Waals surface area contributed by atoms with Crippen LogP contribution < -0.4 is 10.5 Å². The normalized spacial score (nSPS) is 10.6. The Morgan fingerprint density at radius 1 is 1.39 bits per heavy atom. The summed E-state index contributed by atoms with van der Waals surface area (Å²) in [6, 6.07) is 5.60. The Morgan fingerprint density at radius 3 is 2.83 bits per heavy atom. The van der Waals surface area contributed by atoms with E-state index >= 15 is 0 Å². The van der Waals surface area contributed by atoms with E-state index in [2.05, 4.69) is 10.2 Å². The molecule has 0 bridgehead atoms. The van der Waals surface area contributed by atoms with E-state index in [9.17, 15) is 0 Å². The number of nitrogens with zero attached hydrogens (tertiary/aromatic N) is 2. The lowest BCUT2D eigenvalue weighted by Gasteiger charge is -2.07. The molecule has 0 spiro atoms. The maximum atomic E-state index is 6.10. The van der Waals surface area contributed by atoms with Gasteiger partial charge in [-0.15, -0.1) is 10.2 Å². The molecule has 0 saturated carbocycles. The lowest BCUT2D eigenvalue weighted by molar-refractivity contribution is 0.260. The third-order valence-corrected chi connectivity index (χ3v) is 2.64. The fourth-order valence-corrected chi connectivity index (χ4v) is 1.78. The number of hydrogen-bond donors (Lipinski definition) is 1. The van der Waals surface area contributed by atoms with Crippen molar-refractivity contribution < 1.29 is 9.15 Å². The Kier molecular flexibility index (Phi) is 4.17. The monoisotopic (exact) mass is 267 g/mol. The maximum Gasteiger partial charge on any atom is 0.253 e. The second-order valence-corrected chi connectivity index (χ2v) is 4.21. The molecule has 0 radical (unpaired) electrons. The standard InChI is InChI=1S/C12H14ClN3O2/c1-8-15-16-12(18-8)7-17-11-3-2-9(4-5-14)6-10(11)13/h2-3,6H,4-5,7,14H2,1H3. The van der Waals surface area contributed by atoms with Gasteiger partial charge in [0.15, 0.2) is 6.61 Å². The van der Waals surface area contributed by atoms with Gasteiger partial charge in [-0.3, -0.25) is 0 Å². The summed E-state index contributed by atoms with van der Waals surface area (Å²) in [5.41, 5.74) is 6.57. The van der Waals surface area contributed by atoms with Crippen LogP contribution in [0.15, 0.2) is 22.6 Å². The molecule has 1 heterocycles. The van der Waals surface area contributed by atoms with Gasteiger partial charge in [-0.2, -0.15) is 0 Å². The molecule has 0 atom stereocenters. The fraction of sp³-hybridized carbons (Fsp3) is 0.333. The van der Waals surface area contributed by atoms with E-state index in [0.29, 0.717) is 29.1 Å². The first-order valence-corrected chi connectivity index (χ1v) is 5.97. The number of nitrogens with two attached hydrogens (primary N) is 1. The fourth-order valence-electron chi connectivity index (χ4n) is 1.52. The van der Waals surface area contributed by atoms with Gasteiger partial charge in [0.2, 0.25) is 5.89 Å². The third kappa shape index (κ3) is 3.21. The Balaban J connectivity index is 2.01. The summed E-state index contributed by atoms with van der Waals surface area (Å²) < 4.78 is 10.7. The smallest absolute Gasteiger partial charge is 0.253 e. The van der Waals surface area contributed by atoms with Gasteiger partial charge in [0.1, 0.15) is 5.75 Å². The lowest BCUT2D eigenvalue weighted by Crippen LogP contribution is -2.03. The van der Waals surface area contributed by atoms with Crippen LogP contribution in [0.3, 0.4) is 0 Å². The minimum absolute atomic E-state index is 0.205. The summed E-state index contributed by atoms with van der Waals surface area (Å²) >= 11 is 6.10. The van der Waals surface area contributed by atoms with Crippen molar-refractivity contribution in [3.05, 3.63) is 40.6 Å². The Labute approximate surface area is 110 Å². The highest BCUT2D eigenvalue weighted by atomic mass is 35.5. The average Bonchev–Trinajstić information content (AvgIpc) is 2.74. The molecule has 0 aliphatic carbocycles. The molecular formula is C12H14ClN3O2. The van der Waals surface area contributed by atoms with Crippen molar-refractivity contribution in [2.75, 3.05) is 6.54 Å². The number of ether oxygens (including phenoxy) is 1. The minimum atomic E-state index is 0.205. The number of rotatable bonds is 5. The van der Waals surface area contributed by atoms with E-state index in [1.165, 1.54) is 0 Å². The molecule has 96 valence electrons. The van der Waals surface area contributed by atoms with Crippen LogP contribution in [0.5, 0.6) is 5.75 Å². The van der Waals surface area contributed by atoms with Gasteiger partial charge in [0.25, 0.3) is 5.89 Å². The Morgan fingerprint density at radius 2 is 2.22 bits per heavy atom. The van der Waals surface area contributed by atoms with Crippen LogP contribution in [0.1, 0.15) is 17.3 Å².